The molecule has 0 unspecified atom stereocenters. The number of Topliss-reactive ketones (excluding diaryl/α,β-unsaturated/α-hetero) is 1. The van der Waals surface area contributed by atoms with Crippen molar-refractivity contribution in [2.45, 2.75) is 13.5 Å². The van der Waals surface area contributed by atoms with Crippen molar-refractivity contribution in [3.8, 4) is 11.5 Å². The second kappa shape index (κ2) is 7.62. The summed E-state index contributed by atoms with van der Waals surface area (Å²) >= 11 is 0. The van der Waals surface area contributed by atoms with Gasteiger partial charge in [-0.2, -0.15) is 0 Å². The van der Waals surface area contributed by atoms with E-state index in [9.17, 15) is 4.79 Å². The number of fused-ring (bicyclic) bond motifs is 1. The van der Waals surface area contributed by atoms with Gasteiger partial charge < -0.3 is 14.5 Å². The minimum Gasteiger partial charge on any atom is -0.493 e. The van der Waals surface area contributed by atoms with Crippen LogP contribution in [0.3, 0.4) is 0 Å². The summed E-state index contributed by atoms with van der Waals surface area (Å²) in [6.07, 6.45) is 0. The Labute approximate surface area is 153 Å². The lowest BCUT2D eigenvalue weighted by molar-refractivity contribution is 0.0944. The molecule has 0 fully saturated rings. The van der Waals surface area contributed by atoms with Crippen molar-refractivity contribution >= 4 is 16.7 Å². The molecular weight excluding hydrogens is 328 g/mol. The first-order chi connectivity index (χ1) is 12.5. The average Bonchev–Trinajstić information content (AvgIpc) is 2.97. The van der Waals surface area contributed by atoms with Crippen molar-refractivity contribution in [3.05, 3.63) is 59.3 Å². The number of aromatic amines is 1. The van der Waals surface area contributed by atoms with Gasteiger partial charge in [0, 0.05) is 28.7 Å². The summed E-state index contributed by atoms with van der Waals surface area (Å²) in [5, 5.41) is 0.981. The number of aryl methyl sites for hydroxylation is 1. The molecule has 3 rings (SSSR count). The Morgan fingerprint density at radius 1 is 1.08 bits per heavy atom. The molecule has 0 amide bonds. The molecular formula is C21H24N2O3. The molecule has 0 saturated heterocycles. The van der Waals surface area contributed by atoms with Crippen LogP contribution in [0.2, 0.25) is 0 Å². The number of H-pyrrole nitrogens is 1. The smallest absolute Gasteiger partial charge is 0.179 e. The minimum absolute atomic E-state index is 0.114. The maximum Gasteiger partial charge on any atom is 0.179 e. The van der Waals surface area contributed by atoms with Gasteiger partial charge in [0.1, 0.15) is 0 Å². The van der Waals surface area contributed by atoms with E-state index in [1.165, 1.54) is 0 Å². The van der Waals surface area contributed by atoms with Crippen LogP contribution in [-0.2, 0) is 6.54 Å². The molecule has 0 aliphatic rings. The molecule has 136 valence electrons. The molecule has 5 heteroatoms. The first kappa shape index (κ1) is 18.0. The van der Waals surface area contributed by atoms with Gasteiger partial charge >= 0.3 is 0 Å². The molecule has 0 saturated carbocycles. The summed E-state index contributed by atoms with van der Waals surface area (Å²) in [7, 11) is 5.18. The zero-order valence-corrected chi connectivity index (χ0v) is 15.6. The predicted molar refractivity (Wildman–Crippen MR) is 103 cm³/mol. The monoisotopic (exact) mass is 352 g/mol. The molecule has 3 aromatic rings. The van der Waals surface area contributed by atoms with E-state index >= 15 is 0 Å². The number of benzene rings is 2. The van der Waals surface area contributed by atoms with Crippen LogP contribution in [0.1, 0.15) is 21.6 Å². The van der Waals surface area contributed by atoms with Gasteiger partial charge in [-0.1, -0.05) is 24.3 Å². The molecule has 0 aliphatic heterocycles. The molecule has 1 heterocycles. The fourth-order valence-electron chi connectivity index (χ4n) is 3.31. The molecule has 1 aromatic heterocycles. The Hall–Kier alpha value is -2.79. The van der Waals surface area contributed by atoms with Gasteiger partial charge in [-0.25, -0.2) is 0 Å². The Morgan fingerprint density at radius 2 is 1.81 bits per heavy atom. The zero-order chi connectivity index (χ0) is 18.7. The van der Waals surface area contributed by atoms with Crippen LogP contribution in [0.15, 0.2) is 42.5 Å². The Kier molecular flexibility index (Phi) is 5.28. The van der Waals surface area contributed by atoms with Crippen LogP contribution in [0.4, 0.5) is 0 Å². The maximum absolute atomic E-state index is 12.9. The standard InChI is InChI=1S/C21H24N2O3/c1-14-21(16-7-5-6-8-17(16)22-14)18(24)13-23(2)12-15-9-10-19(25-3)20(11-15)26-4/h5-11,22H,12-13H2,1-4H3. The second-order valence-corrected chi connectivity index (χ2v) is 6.46. The number of carbonyl (C=O) groups excluding carboxylic acids is 1. The van der Waals surface area contributed by atoms with Crippen molar-refractivity contribution in [3.63, 3.8) is 0 Å². The molecule has 26 heavy (non-hydrogen) atoms. The molecule has 0 spiro atoms. The van der Waals surface area contributed by atoms with E-state index < -0.39 is 0 Å². The Bertz CT molecular complexity index is 930. The van der Waals surface area contributed by atoms with Gasteiger partial charge in [-0.15, -0.1) is 0 Å². The third kappa shape index (κ3) is 3.58. The van der Waals surface area contributed by atoms with Crippen LogP contribution in [0, 0.1) is 6.92 Å². The van der Waals surface area contributed by atoms with Gasteiger partial charge in [0.25, 0.3) is 0 Å². The number of likely N-dealkylation sites (N-methyl/N-ethyl adjacent to an activating group) is 1. The van der Waals surface area contributed by atoms with E-state index in [0.717, 1.165) is 27.7 Å². The fourth-order valence-corrected chi connectivity index (χ4v) is 3.31. The summed E-state index contributed by atoms with van der Waals surface area (Å²) in [6, 6.07) is 13.7. The Morgan fingerprint density at radius 3 is 2.54 bits per heavy atom. The van der Waals surface area contributed by atoms with Crippen LogP contribution in [0.25, 0.3) is 10.9 Å². The first-order valence-electron chi connectivity index (χ1n) is 8.53. The van der Waals surface area contributed by atoms with Crippen LogP contribution >= 0.6 is 0 Å². The molecule has 0 bridgehead atoms. The first-order valence-corrected chi connectivity index (χ1v) is 8.53. The van der Waals surface area contributed by atoms with E-state index in [1.54, 1.807) is 14.2 Å². The summed E-state index contributed by atoms with van der Waals surface area (Å²) in [5.41, 5.74) is 3.75. The molecule has 0 radical (unpaired) electrons. The third-order valence-electron chi connectivity index (χ3n) is 4.49. The number of hydrogen-bond acceptors (Lipinski definition) is 4. The van der Waals surface area contributed by atoms with Crippen LogP contribution < -0.4 is 9.47 Å². The molecule has 2 aromatic carbocycles. The molecule has 1 N–H and O–H groups in total. The third-order valence-corrected chi connectivity index (χ3v) is 4.49. The van der Waals surface area contributed by atoms with Gasteiger partial charge in [0.15, 0.2) is 17.3 Å². The second-order valence-electron chi connectivity index (χ2n) is 6.46. The van der Waals surface area contributed by atoms with E-state index in [4.69, 9.17) is 9.47 Å². The lowest BCUT2D eigenvalue weighted by Gasteiger charge is -2.17. The van der Waals surface area contributed by atoms with Crippen molar-refractivity contribution in [1.82, 2.24) is 9.88 Å². The van der Waals surface area contributed by atoms with E-state index in [1.807, 2.05) is 61.3 Å². The number of para-hydroxylation sites is 1. The highest BCUT2D eigenvalue weighted by Crippen LogP contribution is 2.28. The number of rotatable bonds is 7. The van der Waals surface area contributed by atoms with Crippen LogP contribution in [-0.4, -0.2) is 43.5 Å². The predicted octanol–water partition coefficient (Wildman–Crippen LogP) is 3.81. The maximum atomic E-state index is 12.9. The van der Waals surface area contributed by atoms with Crippen molar-refractivity contribution in [2.75, 3.05) is 27.8 Å². The molecule has 0 aliphatic carbocycles. The number of ether oxygens (including phenoxy) is 2. The molecule has 5 nitrogen and oxygen atoms in total. The highest BCUT2D eigenvalue weighted by Gasteiger charge is 2.17. The van der Waals surface area contributed by atoms with Crippen LogP contribution in [0.5, 0.6) is 11.5 Å². The molecule has 0 atom stereocenters. The van der Waals surface area contributed by atoms with Gasteiger partial charge in [-0.3, -0.25) is 9.69 Å². The van der Waals surface area contributed by atoms with E-state index in [2.05, 4.69) is 4.98 Å². The normalized spacial score (nSPS) is 11.1. The average molecular weight is 352 g/mol. The van der Waals surface area contributed by atoms with Gasteiger partial charge in [0.05, 0.1) is 20.8 Å². The number of hydrogen-bond donors (Lipinski definition) is 1. The minimum atomic E-state index is 0.114. The quantitative estimate of drug-likeness (QED) is 0.657. The summed E-state index contributed by atoms with van der Waals surface area (Å²) in [4.78, 5) is 18.2. The topological polar surface area (TPSA) is 54.6 Å². The fraction of sp³-hybridized carbons (Fsp3) is 0.286. The number of methoxy groups -OCH3 is 2. The van der Waals surface area contributed by atoms with Gasteiger partial charge in [-0.05, 0) is 37.7 Å². The highest BCUT2D eigenvalue weighted by molar-refractivity contribution is 6.10. The lowest BCUT2D eigenvalue weighted by atomic mass is 10.1. The summed E-state index contributed by atoms with van der Waals surface area (Å²) < 4.78 is 10.6. The highest BCUT2D eigenvalue weighted by atomic mass is 16.5. The van der Waals surface area contributed by atoms with Crippen molar-refractivity contribution < 1.29 is 14.3 Å². The number of aromatic nitrogens is 1. The van der Waals surface area contributed by atoms with Crippen molar-refractivity contribution in [1.29, 1.82) is 0 Å². The largest absolute Gasteiger partial charge is 0.493 e. The Balaban J connectivity index is 1.74. The number of carbonyl (C=O) groups is 1. The van der Waals surface area contributed by atoms with Crippen molar-refractivity contribution in [2.24, 2.45) is 0 Å². The number of ketones is 1. The summed E-state index contributed by atoms with van der Waals surface area (Å²) in [6.45, 7) is 2.94. The van der Waals surface area contributed by atoms with E-state index in [-0.39, 0.29) is 5.78 Å². The summed E-state index contributed by atoms with van der Waals surface area (Å²) in [5.74, 6) is 1.50. The zero-order valence-electron chi connectivity index (χ0n) is 15.6. The number of nitrogens with one attached hydrogen (secondary N) is 1. The van der Waals surface area contributed by atoms with E-state index in [0.29, 0.717) is 24.6 Å². The number of nitrogens with zero attached hydrogens (tertiary/aromatic N) is 1. The van der Waals surface area contributed by atoms with Gasteiger partial charge in [0.2, 0.25) is 0 Å². The lowest BCUT2D eigenvalue weighted by Crippen LogP contribution is -2.26. The SMILES string of the molecule is COc1ccc(CN(C)CC(=O)c2c(C)[nH]c3ccccc23)cc1OC.